The average Bonchev–Trinajstić information content (AvgIpc) is 2.98. The van der Waals surface area contributed by atoms with Gasteiger partial charge in [-0.05, 0) is 35.4 Å². The van der Waals surface area contributed by atoms with Gasteiger partial charge in [0, 0.05) is 19.4 Å². The monoisotopic (exact) mass is 341 g/mol. The summed E-state index contributed by atoms with van der Waals surface area (Å²) in [6.45, 7) is 0. The van der Waals surface area contributed by atoms with Gasteiger partial charge in [-0.15, -0.1) is 0 Å². The molecule has 0 saturated carbocycles. The van der Waals surface area contributed by atoms with Crippen molar-refractivity contribution < 1.29 is 13.6 Å². The van der Waals surface area contributed by atoms with E-state index in [1.54, 1.807) is 48.3 Å². The molecule has 25 heavy (non-hydrogen) atoms. The van der Waals surface area contributed by atoms with E-state index < -0.39 is 17.7 Å². The van der Waals surface area contributed by atoms with Gasteiger partial charge >= 0.3 is 0 Å². The van der Waals surface area contributed by atoms with Gasteiger partial charge in [0.1, 0.15) is 23.5 Å². The lowest BCUT2D eigenvalue weighted by Crippen LogP contribution is -2.32. The number of hydrogen-bond acceptors (Lipinski definition) is 2. The maximum Gasteiger partial charge on any atom is 0.225 e. The van der Waals surface area contributed by atoms with E-state index in [-0.39, 0.29) is 12.3 Å². The molecule has 0 saturated heterocycles. The highest BCUT2D eigenvalue weighted by Gasteiger charge is 2.21. The lowest BCUT2D eigenvalue weighted by molar-refractivity contribution is -0.121. The Bertz CT molecular complexity index is 892. The third-order valence-corrected chi connectivity index (χ3v) is 3.86. The highest BCUT2D eigenvalue weighted by Crippen LogP contribution is 2.21. The number of aryl methyl sites for hydroxylation is 1. The number of benzene rings is 2. The van der Waals surface area contributed by atoms with Crippen LogP contribution in [0.15, 0.2) is 60.9 Å². The smallest absolute Gasteiger partial charge is 0.225 e. The first-order chi connectivity index (χ1) is 12.0. The van der Waals surface area contributed by atoms with E-state index in [4.69, 9.17) is 0 Å². The fourth-order valence-corrected chi connectivity index (χ4v) is 2.68. The first kappa shape index (κ1) is 16.8. The summed E-state index contributed by atoms with van der Waals surface area (Å²) in [5.74, 6) is -0.506. The number of carbonyl (C=O) groups excluding carboxylic acids is 1. The predicted octanol–water partition coefficient (Wildman–Crippen LogP) is 3.15. The lowest BCUT2D eigenvalue weighted by atomic mass is 10.0. The summed E-state index contributed by atoms with van der Waals surface area (Å²) in [4.78, 5) is 16.7. The van der Waals surface area contributed by atoms with Gasteiger partial charge in [-0.2, -0.15) is 0 Å². The number of halogens is 2. The van der Waals surface area contributed by atoms with E-state index in [1.165, 1.54) is 24.3 Å². The number of imidazole rings is 1. The van der Waals surface area contributed by atoms with Crippen LogP contribution in [0, 0.1) is 11.6 Å². The Labute approximate surface area is 144 Å². The molecule has 1 N–H and O–H groups in total. The molecular formula is C19H17F2N3O. The Morgan fingerprint density at radius 3 is 2.52 bits per heavy atom. The molecule has 6 heteroatoms. The molecule has 1 heterocycles. The summed E-state index contributed by atoms with van der Waals surface area (Å²) in [6.07, 6.45) is 3.38. The van der Waals surface area contributed by atoms with Crippen LogP contribution in [0.5, 0.6) is 0 Å². The van der Waals surface area contributed by atoms with Gasteiger partial charge in [-0.25, -0.2) is 13.8 Å². The minimum absolute atomic E-state index is 0.0218. The molecule has 1 amide bonds. The standard InChI is InChI=1S/C19H17F2N3O/c1-24-9-8-22-19(24)18(14-5-3-7-16(21)12-14)23-17(25)11-13-4-2-6-15(20)10-13/h2-10,12,18H,11H2,1H3,(H,23,25)/t18-/m0/s1. The molecule has 2 aromatic carbocycles. The fraction of sp³-hybridized carbons (Fsp3) is 0.158. The van der Waals surface area contributed by atoms with Crippen LogP contribution in [0.1, 0.15) is 23.0 Å². The van der Waals surface area contributed by atoms with Crippen LogP contribution < -0.4 is 5.32 Å². The van der Waals surface area contributed by atoms with Crippen LogP contribution in [0.2, 0.25) is 0 Å². The zero-order chi connectivity index (χ0) is 17.8. The van der Waals surface area contributed by atoms with Crippen LogP contribution in [0.25, 0.3) is 0 Å². The molecular weight excluding hydrogens is 324 g/mol. The number of nitrogens with zero attached hydrogens (tertiary/aromatic N) is 2. The Kier molecular flexibility index (Phi) is 4.88. The van der Waals surface area contributed by atoms with Gasteiger partial charge in [-0.1, -0.05) is 24.3 Å². The zero-order valence-electron chi connectivity index (χ0n) is 13.6. The predicted molar refractivity (Wildman–Crippen MR) is 89.7 cm³/mol. The van der Waals surface area contributed by atoms with E-state index >= 15 is 0 Å². The van der Waals surface area contributed by atoms with Gasteiger partial charge in [0.05, 0.1) is 6.42 Å². The van der Waals surface area contributed by atoms with Crippen LogP contribution in [0.4, 0.5) is 8.78 Å². The van der Waals surface area contributed by atoms with Crippen molar-refractivity contribution in [2.24, 2.45) is 7.05 Å². The fourth-order valence-electron chi connectivity index (χ4n) is 2.68. The van der Waals surface area contributed by atoms with E-state index in [0.29, 0.717) is 17.0 Å². The molecule has 0 aliphatic carbocycles. The van der Waals surface area contributed by atoms with Crippen LogP contribution >= 0.6 is 0 Å². The summed E-state index contributed by atoms with van der Waals surface area (Å²) in [5.41, 5.74) is 1.15. The summed E-state index contributed by atoms with van der Waals surface area (Å²) in [5, 5.41) is 2.86. The SMILES string of the molecule is Cn1ccnc1[C@@H](NC(=O)Cc1cccc(F)c1)c1cccc(F)c1. The molecule has 4 nitrogen and oxygen atoms in total. The number of hydrogen-bond donors (Lipinski definition) is 1. The van der Waals surface area contributed by atoms with E-state index in [2.05, 4.69) is 10.3 Å². The second-order valence-electron chi connectivity index (χ2n) is 5.76. The van der Waals surface area contributed by atoms with Gasteiger partial charge in [-0.3, -0.25) is 4.79 Å². The molecule has 0 radical (unpaired) electrons. The summed E-state index contributed by atoms with van der Waals surface area (Å²) < 4.78 is 28.7. The van der Waals surface area contributed by atoms with Crippen LogP contribution in [-0.2, 0) is 18.3 Å². The highest BCUT2D eigenvalue weighted by atomic mass is 19.1. The minimum atomic E-state index is -0.600. The molecule has 0 fully saturated rings. The molecule has 0 bridgehead atoms. The summed E-state index contributed by atoms with van der Waals surface area (Å²) in [7, 11) is 1.80. The molecule has 0 aliphatic rings. The van der Waals surface area contributed by atoms with Crippen molar-refractivity contribution in [3.63, 3.8) is 0 Å². The topological polar surface area (TPSA) is 46.9 Å². The maximum absolute atomic E-state index is 13.6. The van der Waals surface area contributed by atoms with Crippen molar-refractivity contribution in [2.45, 2.75) is 12.5 Å². The van der Waals surface area contributed by atoms with E-state index in [0.717, 1.165) is 0 Å². The number of amides is 1. The molecule has 3 aromatic rings. The number of aromatic nitrogens is 2. The molecule has 1 atom stereocenters. The first-order valence-corrected chi connectivity index (χ1v) is 7.79. The minimum Gasteiger partial charge on any atom is -0.342 e. The molecule has 0 spiro atoms. The quantitative estimate of drug-likeness (QED) is 0.775. The Balaban J connectivity index is 1.85. The van der Waals surface area contributed by atoms with Gasteiger partial charge < -0.3 is 9.88 Å². The van der Waals surface area contributed by atoms with Crippen molar-refractivity contribution in [2.75, 3.05) is 0 Å². The number of nitrogens with one attached hydrogen (secondary N) is 1. The summed E-state index contributed by atoms with van der Waals surface area (Å²) >= 11 is 0. The normalized spacial score (nSPS) is 12.0. The molecule has 1 aromatic heterocycles. The van der Waals surface area contributed by atoms with E-state index in [9.17, 15) is 13.6 Å². The van der Waals surface area contributed by atoms with Crippen LogP contribution in [0.3, 0.4) is 0 Å². The highest BCUT2D eigenvalue weighted by molar-refractivity contribution is 5.79. The van der Waals surface area contributed by atoms with Gasteiger partial charge in [0.25, 0.3) is 0 Å². The second-order valence-corrected chi connectivity index (χ2v) is 5.76. The molecule has 0 unspecified atom stereocenters. The second kappa shape index (κ2) is 7.25. The van der Waals surface area contributed by atoms with E-state index in [1.807, 2.05) is 0 Å². The molecule has 3 rings (SSSR count). The zero-order valence-corrected chi connectivity index (χ0v) is 13.6. The maximum atomic E-state index is 13.6. The molecule has 128 valence electrons. The largest absolute Gasteiger partial charge is 0.342 e. The summed E-state index contributed by atoms with van der Waals surface area (Å²) in [6, 6.07) is 11.3. The lowest BCUT2D eigenvalue weighted by Gasteiger charge is -2.19. The van der Waals surface area contributed by atoms with Crippen molar-refractivity contribution in [1.82, 2.24) is 14.9 Å². The third kappa shape index (κ3) is 4.09. The van der Waals surface area contributed by atoms with Crippen molar-refractivity contribution >= 4 is 5.91 Å². The Hall–Kier alpha value is -3.02. The molecule has 0 aliphatic heterocycles. The number of rotatable bonds is 5. The number of carbonyl (C=O) groups is 1. The van der Waals surface area contributed by atoms with Crippen molar-refractivity contribution in [3.05, 3.63) is 89.5 Å². The van der Waals surface area contributed by atoms with Crippen LogP contribution in [-0.4, -0.2) is 15.5 Å². The van der Waals surface area contributed by atoms with Crippen molar-refractivity contribution in [3.8, 4) is 0 Å². The average molecular weight is 341 g/mol. The Morgan fingerprint density at radius 2 is 1.88 bits per heavy atom. The van der Waals surface area contributed by atoms with Gasteiger partial charge in [0.2, 0.25) is 5.91 Å². The third-order valence-electron chi connectivity index (χ3n) is 3.86. The first-order valence-electron chi connectivity index (χ1n) is 7.79. The van der Waals surface area contributed by atoms with Crippen molar-refractivity contribution in [1.29, 1.82) is 0 Å². The Morgan fingerprint density at radius 1 is 1.16 bits per heavy atom. The van der Waals surface area contributed by atoms with Gasteiger partial charge in [0.15, 0.2) is 0 Å².